The van der Waals surface area contributed by atoms with E-state index < -0.39 is 48.6 Å². The molecule has 8 heteroatoms. The third-order valence-corrected chi connectivity index (χ3v) is 4.55. The largest absolute Gasteiger partial charge is 0.455 e. The summed E-state index contributed by atoms with van der Waals surface area (Å²) in [6.45, 7) is 3.97. The van der Waals surface area contributed by atoms with Crippen LogP contribution < -0.4 is 0 Å². The minimum absolute atomic E-state index is 0.114. The maximum absolute atomic E-state index is 12.0. The first-order chi connectivity index (χ1) is 12.3. The van der Waals surface area contributed by atoms with Gasteiger partial charge in [0, 0.05) is 12.8 Å². The van der Waals surface area contributed by atoms with Crippen LogP contribution in [-0.4, -0.2) is 69.0 Å². The van der Waals surface area contributed by atoms with E-state index in [1.54, 1.807) is 0 Å². The van der Waals surface area contributed by atoms with Crippen LogP contribution in [0.3, 0.4) is 0 Å². The maximum atomic E-state index is 12.0. The lowest BCUT2D eigenvalue weighted by Gasteiger charge is -2.42. The van der Waals surface area contributed by atoms with Crippen LogP contribution in [0.5, 0.6) is 0 Å². The molecule has 1 aliphatic rings. The zero-order valence-electron chi connectivity index (χ0n) is 15.5. The van der Waals surface area contributed by atoms with Gasteiger partial charge < -0.3 is 29.9 Å². The Balaban J connectivity index is 2.78. The van der Waals surface area contributed by atoms with Crippen molar-refractivity contribution in [1.82, 2.24) is 0 Å². The number of carbonyl (C=O) groups is 2. The highest BCUT2D eigenvalue weighted by atomic mass is 16.6. The van der Waals surface area contributed by atoms with Crippen molar-refractivity contribution in [2.45, 2.75) is 102 Å². The topological polar surface area (TPSA) is 134 Å². The first-order valence-corrected chi connectivity index (χ1v) is 9.44. The lowest BCUT2D eigenvalue weighted by atomic mass is 9.84. The predicted octanol–water partition coefficient (Wildman–Crippen LogP) is 0.428. The lowest BCUT2D eigenvalue weighted by molar-refractivity contribution is -0.241. The second-order valence-corrected chi connectivity index (χ2v) is 6.79. The number of esters is 2. The van der Waals surface area contributed by atoms with Gasteiger partial charge >= 0.3 is 11.9 Å². The molecule has 0 saturated heterocycles. The number of hydrogen-bond acceptors (Lipinski definition) is 8. The summed E-state index contributed by atoms with van der Waals surface area (Å²) < 4.78 is 10.4. The fraction of sp³-hybridized carbons (Fsp3) is 0.889. The summed E-state index contributed by atoms with van der Waals surface area (Å²) in [6.07, 6.45) is -4.70. The molecule has 6 atom stereocenters. The molecule has 0 spiro atoms. The summed E-state index contributed by atoms with van der Waals surface area (Å²) in [4.78, 5) is 23.9. The number of aliphatic hydroxyl groups is 4. The van der Waals surface area contributed by atoms with Crippen LogP contribution in [-0.2, 0) is 19.1 Å². The van der Waals surface area contributed by atoms with Crippen molar-refractivity contribution in [3.05, 3.63) is 0 Å². The van der Waals surface area contributed by atoms with Gasteiger partial charge in [-0.3, -0.25) is 9.59 Å². The molecule has 4 N–H and O–H groups in total. The first kappa shape index (κ1) is 22.8. The number of carbonyl (C=O) groups excluding carboxylic acids is 2. The molecular formula is C18H32O8. The highest BCUT2D eigenvalue weighted by molar-refractivity contribution is 5.70. The van der Waals surface area contributed by atoms with Gasteiger partial charge in [-0.25, -0.2) is 0 Å². The number of unbranched alkanes of at least 4 members (excludes halogenated alkanes) is 4. The lowest BCUT2D eigenvalue weighted by Crippen LogP contribution is -2.65. The molecule has 1 aliphatic carbocycles. The minimum atomic E-state index is -1.71. The fourth-order valence-corrected chi connectivity index (χ4v) is 2.92. The number of ether oxygens (including phenoxy) is 2. The molecule has 1 unspecified atom stereocenters. The predicted molar refractivity (Wildman–Crippen MR) is 92.1 cm³/mol. The van der Waals surface area contributed by atoms with E-state index in [0.717, 1.165) is 25.7 Å². The second kappa shape index (κ2) is 11.5. The highest BCUT2D eigenvalue weighted by Crippen LogP contribution is 2.27. The quantitative estimate of drug-likeness (QED) is 0.319. The number of aliphatic hydroxyl groups excluding tert-OH is 4. The van der Waals surface area contributed by atoms with E-state index in [2.05, 4.69) is 0 Å². The third-order valence-electron chi connectivity index (χ3n) is 4.55. The van der Waals surface area contributed by atoms with Gasteiger partial charge in [0.05, 0.1) is 0 Å². The first-order valence-electron chi connectivity index (χ1n) is 9.44. The van der Waals surface area contributed by atoms with E-state index in [-0.39, 0.29) is 12.8 Å². The summed E-state index contributed by atoms with van der Waals surface area (Å²) in [6, 6.07) is 0. The average molecular weight is 376 g/mol. The molecule has 0 bridgehead atoms. The minimum Gasteiger partial charge on any atom is -0.455 e. The van der Waals surface area contributed by atoms with Crippen molar-refractivity contribution in [2.75, 3.05) is 0 Å². The van der Waals surface area contributed by atoms with Gasteiger partial charge in [0.15, 0.2) is 12.2 Å². The highest BCUT2D eigenvalue weighted by Gasteiger charge is 2.52. The van der Waals surface area contributed by atoms with Crippen molar-refractivity contribution in [3.63, 3.8) is 0 Å². The molecule has 0 heterocycles. The van der Waals surface area contributed by atoms with Crippen molar-refractivity contribution in [3.8, 4) is 0 Å². The second-order valence-electron chi connectivity index (χ2n) is 6.79. The van der Waals surface area contributed by atoms with Gasteiger partial charge in [0.2, 0.25) is 0 Å². The monoisotopic (exact) mass is 376 g/mol. The van der Waals surface area contributed by atoms with Crippen LogP contribution in [0.15, 0.2) is 0 Å². The van der Waals surface area contributed by atoms with Gasteiger partial charge in [0.25, 0.3) is 0 Å². The summed E-state index contributed by atoms with van der Waals surface area (Å²) in [5, 5.41) is 40.0. The SMILES string of the molecule is CCCCCC(=O)O[C@@H]1[C@@H](O)[C@H](O)[C@@H](O)C(O)[C@H]1OC(=O)CCCCC. The van der Waals surface area contributed by atoms with E-state index in [4.69, 9.17) is 9.47 Å². The van der Waals surface area contributed by atoms with Gasteiger partial charge in [-0.1, -0.05) is 39.5 Å². The molecule has 0 aromatic carbocycles. The molecule has 0 aromatic heterocycles. The standard InChI is InChI=1S/C18H32O8/c1-3-5-7-9-11(19)25-17-15(23)13(21)14(22)16(24)18(17)26-12(20)10-8-6-4-2/h13-18,21-24H,3-10H2,1-2H3/t13-,14-,15+,16?,17-,18-/m1/s1. The van der Waals surface area contributed by atoms with E-state index in [1.165, 1.54) is 0 Å². The molecule has 1 fully saturated rings. The van der Waals surface area contributed by atoms with E-state index in [1.807, 2.05) is 13.8 Å². The summed E-state index contributed by atoms with van der Waals surface area (Å²) >= 11 is 0. The van der Waals surface area contributed by atoms with Gasteiger partial charge in [-0.05, 0) is 12.8 Å². The van der Waals surface area contributed by atoms with Crippen molar-refractivity contribution >= 4 is 11.9 Å². The van der Waals surface area contributed by atoms with Crippen LogP contribution in [0, 0.1) is 0 Å². The van der Waals surface area contributed by atoms with Gasteiger partial charge in [-0.15, -0.1) is 0 Å². The molecule has 152 valence electrons. The number of hydrogen-bond donors (Lipinski definition) is 4. The molecular weight excluding hydrogens is 344 g/mol. The van der Waals surface area contributed by atoms with Crippen LogP contribution in [0.2, 0.25) is 0 Å². The van der Waals surface area contributed by atoms with Crippen molar-refractivity contribution in [2.24, 2.45) is 0 Å². The van der Waals surface area contributed by atoms with Gasteiger partial charge in [0.1, 0.15) is 24.4 Å². The Morgan fingerprint density at radius 2 is 1.00 bits per heavy atom. The summed E-state index contributed by atoms with van der Waals surface area (Å²) in [5.41, 5.74) is 0. The van der Waals surface area contributed by atoms with E-state index >= 15 is 0 Å². The van der Waals surface area contributed by atoms with Gasteiger partial charge in [-0.2, -0.15) is 0 Å². The zero-order chi connectivity index (χ0) is 19.7. The van der Waals surface area contributed by atoms with Crippen LogP contribution >= 0.6 is 0 Å². The van der Waals surface area contributed by atoms with Crippen LogP contribution in [0.1, 0.15) is 65.2 Å². The molecule has 8 nitrogen and oxygen atoms in total. The Hall–Kier alpha value is -1.22. The Labute approximate surface area is 154 Å². The van der Waals surface area contributed by atoms with E-state index in [9.17, 15) is 30.0 Å². The molecule has 26 heavy (non-hydrogen) atoms. The van der Waals surface area contributed by atoms with Crippen molar-refractivity contribution < 1.29 is 39.5 Å². The van der Waals surface area contributed by atoms with Crippen molar-refractivity contribution in [1.29, 1.82) is 0 Å². The summed E-state index contributed by atoms with van der Waals surface area (Å²) in [5.74, 6) is -1.24. The molecule has 0 aliphatic heterocycles. The van der Waals surface area contributed by atoms with Crippen LogP contribution in [0.4, 0.5) is 0 Å². The zero-order valence-corrected chi connectivity index (χ0v) is 15.5. The third kappa shape index (κ3) is 6.50. The van der Waals surface area contributed by atoms with E-state index in [0.29, 0.717) is 12.8 Å². The number of rotatable bonds is 10. The summed E-state index contributed by atoms with van der Waals surface area (Å²) in [7, 11) is 0. The Kier molecular flexibility index (Phi) is 10.1. The Bertz CT molecular complexity index is 401. The molecule has 1 saturated carbocycles. The fourth-order valence-electron chi connectivity index (χ4n) is 2.92. The Morgan fingerprint density at radius 1 is 0.654 bits per heavy atom. The smallest absolute Gasteiger partial charge is 0.306 e. The van der Waals surface area contributed by atoms with Crippen LogP contribution in [0.25, 0.3) is 0 Å². The molecule has 1 rings (SSSR count). The normalized spacial score (nSPS) is 31.5. The molecule has 0 aromatic rings. The average Bonchev–Trinajstić information content (AvgIpc) is 2.61. The Morgan fingerprint density at radius 3 is 1.31 bits per heavy atom. The molecule has 0 amide bonds. The maximum Gasteiger partial charge on any atom is 0.306 e. The molecule has 0 radical (unpaired) electrons.